The predicted octanol–water partition coefficient (Wildman–Crippen LogP) is 1.38. The van der Waals surface area contributed by atoms with Gasteiger partial charge in [0.2, 0.25) is 11.8 Å². The number of nitrogens with two attached hydrogens (primary N) is 1. The number of anilines is 1. The number of hydrogen-bond donors (Lipinski definition) is 1. The summed E-state index contributed by atoms with van der Waals surface area (Å²) in [6.07, 6.45) is 1.87. The van der Waals surface area contributed by atoms with Gasteiger partial charge in [0.25, 0.3) is 0 Å². The zero-order valence-electron chi connectivity index (χ0n) is 14.3. The Hall–Kier alpha value is -3.22. The van der Waals surface area contributed by atoms with Gasteiger partial charge in [-0.1, -0.05) is 24.3 Å². The zero-order chi connectivity index (χ0) is 18.7. The van der Waals surface area contributed by atoms with Crippen molar-refractivity contribution in [1.29, 1.82) is 0 Å². The monoisotopic (exact) mass is 353 g/mol. The number of methoxy groups -OCH3 is 1. The molecule has 0 spiro atoms. The first kappa shape index (κ1) is 17.6. The van der Waals surface area contributed by atoms with Crippen molar-refractivity contribution in [3.05, 3.63) is 59.9 Å². The van der Waals surface area contributed by atoms with E-state index in [2.05, 4.69) is 4.98 Å². The molecule has 3 rings (SSSR count). The Kier molecular flexibility index (Phi) is 4.97. The van der Waals surface area contributed by atoms with E-state index in [-0.39, 0.29) is 12.3 Å². The molecular weight excluding hydrogens is 334 g/mol. The summed E-state index contributed by atoms with van der Waals surface area (Å²) in [5.41, 5.74) is 7.47. The van der Waals surface area contributed by atoms with Gasteiger partial charge >= 0.3 is 5.97 Å². The fourth-order valence-electron chi connectivity index (χ4n) is 3.24. The van der Waals surface area contributed by atoms with Crippen LogP contribution in [-0.2, 0) is 25.5 Å². The number of amides is 2. The fraction of sp³-hybridized carbons (Fsp3) is 0.263. The molecule has 0 radical (unpaired) electrons. The molecule has 1 aromatic carbocycles. The Morgan fingerprint density at radius 2 is 2.00 bits per heavy atom. The van der Waals surface area contributed by atoms with Crippen LogP contribution in [0.2, 0.25) is 0 Å². The highest BCUT2D eigenvalue weighted by atomic mass is 16.5. The number of carbonyl (C=O) groups is 3. The summed E-state index contributed by atoms with van der Waals surface area (Å²) in [5.74, 6) is -2.13. The number of primary amides is 1. The molecule has 26 heavy (non-hydrogen) atoms. The van der Waals surface area contributed by atoms with E-state index < -0.39 is 23.8 Å². The quantitative estimate of drug-likeness (QED) is 0.818. The molecule has 134 valence electrons. The lowest BCUT2D eigenvalue weighted by atomic mass is 9.88. The number of ether oxygens (including phenoxy) is 1. The van der Waals surface area contributed by atoms with E-state index in [0.717, 1.165) is 5.56 Å². The van der Waals surface area contributed by atoms with Gasteiger partial charge in [-0.15, -0.1) is 0 Å². The Balaban J connectivity index is 2.08. The minimum Gasteiger partial charge on any atom is -0.469 e. The van der Waals surface area contributed by atoms with Crippen molar-refractivity contribution in [2.75, 3.05) is 12.0 Å². The van der Waals surface area contributed by atoms with Gasteiger partial charge in [0, 0.05) is 11.9 Å². The Morgan fingerprint density at radius 1 is 1.27 bits per heavy atom. The topological polar surface area (TPSA) is 103 Å². The van der Waals surface area contributed by atoms with Crippen molar-refractivity contribution in [2.45, 2.75) is 18.9 Å². The van der Waals surface area contributed by atoms with Crippen LogP contribution in [0.3, 0.4) is 0 Å². The summed E-state index contributed by atoms with van der Waals surface area (Å²) in [4.78, 5) is 42.7. The first-order chi connectivity index (χ1) is 12.5. The molecule has 2 amide bonds. The Labute approximate surface area is 150 Å². The van der Waals surface area contributed by atoms with Crippen molar-refractivity contribution >= 4 is 23.5 Å². The lowest BCUT2D eigenvalue weighted by Gasteiger charge is -2.37. The molecule has 0 saturated heterocycles. The van der Waals surface area contributed by atoms with Crippen LogP contribution in [0.4, 0.5) is 5.69 Å². The fourth-order valence-corrected chi connectivity index (χ4v) is 3.24. The molecule has 2 atom stereocenters. The third-order valence-corrected chi connectivity index (χ3v) is 4.44. The number of pyridine rings is 1. The van der Waals surface area contributed by atoms with Crippen LogP contribution in [0.15, 0.2) is 48.7 Å². The predicted molar refractivity (Wildman–Crippen MR) is 93.9 cm³/mol. The first-order valence-electron chi connectivity index (χ1n) is 8.21. The maximum Gasteiger partial charge on any atom is 0.306 e. The van der Waals surface area contributed by atoms with E-state index in [1.165, 1.54) is 18.2 Å². The van der Waals surface area contributed by atoms with Crippen LogP contribution in [0.5, 0.6) is 0 Å². The van der Waals surface area contributed by atoms with E-state index >= 15 is 0 Å². The molecule has 7 heteroatoms. The molecule has 2 aromatic rings. The molecule has 0 aliphatic carbocycles. The largest absolute Gasteiger partial charge is 0.469 e. The minimum atomic E-state index is -1.05. The number of esters is 1. The second kappa shape index (κ2) is 7.35. The minimum absolute atomic E-state index is 0.0616. The summed E-state index contributed by atoms with van der Waals surface area (Å²) in [7, 11) is 1.28. The van der Waals surface area contributed by atoms with E-state index in [4.69, 9.17) is 10.5 Å². The summed E-state index contributed by atoms with van der Waals surface area (Å²) in [6.45, 7) is 0. The molecule has 1 aliphatic rings. The molecular formula is C19H19N3O4. The van der Waals surface area contributed by atoms with Gasteiger partial charge in [-0.2, -0.15) is 0 Å². The lowest BCUT2D eigenvalue weighted by Crippen LogP contribution is -2.48. The number of fused-ring (bicyclic) bond motifs is 1. The van der Waals surface area contributed by atoms with Crippen molar-refractivity contribution < 1.29 is 19.1 Å². The SMILES string of the molecule is COC(=O)CC1Cc2ccccc2N(C(C(N)=O)c2ccccn2)C1=O. The Bertz CT molecular complexity index is 838. The molecule has 2 unspecified atom stereocenters. The van der Waals surface area contributed by atoms with Crippen LogP contribution in [-0.4, -0.2) is 29.9 Å². The van der Waals surface area contributed by atoms with Gasteiger partial charge in [0.15, 0.2) is 6.04 Å². The zero-order valence-corrected chi connectivity index (χ0v) is 14.3. The van der Waals surface area contributed by atoms with Crippen LogP contribution in [0, 0.1) is 5.92 Å². The average Bonchev–Trinajstić information content (AvgIpc) is 2.65. The third kappa shape index (κ3) is 3.28. The number of carbonyl (C=O) groups excluding carboxylic acids is 3. The van der Waals surface area contributed by atoms with Gasteiger partial charge in [0.05, 0.1) is 25.1 Å². The molecule has 7 nitrogen and oxygen atoms in total. The maximum atomic E-state index is 13.1. The second-order valence-electron chi connectivity index (χ2n) is 6.08. The first-order valence-corrected chi connectivity index (χ1v) is 8.21. The maximum absolute atomic E-state index is 13.1. The molecule has 1 aromatic heterocycles. The normalized spacial score (nSPS) is 17.3. The average molecular weight is 353 g/mol. The summed E-state index contributed by atoms with van der Waals surface area (Å²) in [6, 6.07) is 11.3. The summed E-state index contributed by atoms with van der Waals surface area (Å²) in [5, 5.41) is 0. The van der Waals surface area contributed by atoms with Crippen molar-refractivity contribution in [3.63, 3.8) is 0 Å². The van der Waals surface area contributed by atoms with Gasteiger partial charge in [-0.05, 0) is 30.2 Å². The standard InChI is InChI=1S/C19H19N3O4/c1-26-16(23)11-13-10-12-6-2-3-8-15(12)22(19(13)25)17(18(20)24)14-7-4-5-9-21-14/h2-9,13,17H,10-11H2,1H3,(H2,20,24). The number of benzene rings is 1. The molecule has 0 fully saturated rings. The number of aromatic nitrogens is 1. The van der Waals surface area contributed by atoms with Gasteiger partial charge in [-0.3, -0.25) is 24.3 Å². The van der Waals surface area contributed by atoms with Crippen LogP contribution in [0.25, 0.3) is 0 Å². The molecule has 2 N–H and O–H groups in total. The van der Waals surface area contributed by atoms with Crippen LogP contribution < -0.4 is 10.6 Å². The number of para-hydroxylation sites is 1. The number of nitrogens with zero attached hydrogens (tertiary/aromatic N) is 2. The third-order valence-electron chi connectivity index (χ3n) is 4.44. The van der Waals surface area contributed by atoms with E-state index in [0.29, 0.717) is 17.8 Å². The lowest BCUT2D eigenvalue weighted by molar-refractivity contribution is -0.144. The van der Waals surface area contributed by atoms with Gasteiger partial charge in [0.1, 0.15) is 0 Å². The highest BCUT2D eigenvalue weighted by Crippen LogP contribution is 2.37. The van der Waals surface area contributed by atoms with Crippen LogP contribution >= 0.6 is 0 Å². The second-order valence-corrected chi connectivity index (χ2v) is 6.08. The smallest absolute Gasteiger partial charge is 0.306 e. The van der Waals surface area contributed by atoms with Crippen molar-refractivity contribution in [3.8, 4) is 0 Å². The van der Waals surface area contributed by atoms with E-state index in [9.17, 15) is 14.4 Å². The summed E-state index contributed by atoms with van der Waals surface area (Å²) >= 11 is 0. The summed E-state index contributed by atoms with van der Waals surface area (Å²) < 4.78 is 4.70. The number of hydrogen-bond acceptors (Lipinski definition) is 5. The van der Waals surface area contributed by atoms with Gasteiger partial charge in [-0.25, -0.2) is 0 Å². The molecule has 0 saturated carbocycles. The highest BCUT2D eigenvalue weighted by Gasteiger charge is 2.41. The van der Waals surface area contributed by atoms with Crippen LogP contribution in [0.1, 0.15) is 23.7 Å². The van der Waals surface area contributed by atoms with E-state index in [1.54, 1.807) is 30.3 Å². The van der Waals surface area contributed by atoms with Crippen molar-refractivity contribution in [2.24, 2.45) is 11.7 Å². The molecule has 2 heterocycles. The number of rotatable bonds is 5. The van der Waals surface area contributed by atoms with Gasteiger partial charge < -0.3 is 10.5 Å². The molecule has 0 bridgehead atoms. The highest BCUT2D eigenvalue weighted by molar-refractivity contribution is 6.04. The van der Waals surface area contributed by atoms with Crippen molar-refractivity contribution in [1.82, 2.24) is 4.98 Å². The molecule has 1 aliphatic heterocycles. The van der Waals surface area contributed by atoms with E-state index in [1.807, 2.05) is 12.1 Å². The Morgan fingerprint density at radius 3 is 2.65 bits per heavy atom.